The summed E-state index contributed by atoms with van der Waals surface area (Å²) >= 11 is 0. The maximum atomic E-state index is 10.7. The molecule has 4 fully saturated rings. The van der Waals surface area contributed by atoms with Crippen LogP contribution < -0.4 is 0 Å². The molecule has 0 radical (unpaired) electrons. The fraction of sp³-hybridized carbons (Fsp3) is 0.793. The molecule has 3 nitrogen and oxygen atoms in total. The van der Waals surface area contributed by atoms with Crippen molar-refractivity contribution in [3.63, 3.8) is 0 Å². The Hall–Kier alpha value is -0.900. The first-order valence-electron chi connectivity index (χ1n) is 13.4. The van der Waals surface area contributed by atoms with Crippen LogP contribution in [0.15, 0.2) is 35.5 Å². The Kier molecular flexibility index (Phi) is 7.39. The highest BCUT2D eigenvalue weighted by Gasteiger charge is 2.50. The number of aliphatic hydroxyl groups is 3. The Morgan fingerprint density at radius 3 is 2.41 bits per heavy atom. The lowest BCUT2D eigenvalue weighted by molar-refractivity contribution is 0.0318. The lowest BCUT2D eigenvalue weighted by Crippen LogP contribution is -2.36. The Bertz CT molecular complexity index is 728. The molecule has 0 aromatic carbocycles. The minimum atomic E-state index is -0.612. The number of allylic oxidation sites excluding steroid dienone is 3. The molecule has 0 unspecified atom stereocenters. The number of fused-ring (bicyclic) bond motifs is 1. The van der Waals surface area contributed by atoms with Crippen molar-refractivity contribution in [2.45, 2.75) is 122 Å². The first-order valence-corrected chi connectivity index (χ1v) is 13.4. The summed E-state index contributed by atoms with van der Waals surface area (Å²) in [5.41, 5.74) is 3.33. The lowest BCUT2D eigenvalue weighted by Gasteiger charge is -2.44. The second-order valence-corrected chi connectivity index (χ2v) is 12.0. The summed E-state index contributed by atoms with van der Waals surface area (Å²) in [6.45, 7) is 8.85. The van der Waals surface area contributed by atoms with Gasteiger partial charge in [0.05, 0.1) is 17.8 Å². The highest BCUT2D eigenvalue weighted by molar-refractivity contribution is 5.29. The zero-order valence-electron chi connectivity index (χ0n) is 20.5. The SMILES string of the molecule is C=C1[C@H](O)CC(=C/C=C2\CCC[C@]3(C)[C@@H]([C@@H](C)CCCC4(O)CCCC4)CC[C@@H]23)C[C@H]1O. The monoisotopic (exact) mass is 442 g/mol. The van der Waals surface area contributed by atoms with Crippen molar-refractivity contribution in [2.24, 2.45) is 23.2 Å². The van der Waals surface area contributed by atoms with Crippen LogP contribution in [0.1, 0.15) is 104 Å². The van der Waals surface area contributed by atoms with Crippen LogP contribution in [0.2, 0.25) is 0 Å². The number of aliphatic hydroxyl groups excluding tert-OH is 2. The maximum absolute atomic E-state index is 10.7. The normalized spacial score (nSPS) is 39.3. The molecular weight excluding hydrogens is 396 g/mol. The molecule has 4 saturated carbocycles. The minimum absolute atomic E-state index is 0.358. The average molecular weight is 443 g/mol. The molecule has 0 aromatic heterocycles. The fourth-order valence-electron chi connectivity index (χ4n) is 7.88. The zero-order valence-corrected chi connectivity index (χ0v) is 20.5. The van der Waals surface area contributed by atoms with Crippen LogP contribution in [0, 0.1) is 23.2 Å². The van der Waals surface area contributed by atoms with Crippen LogP contribution in [-0.4, -0.2) is 33.1 Å². The smallest absolute Gasteiger partial charge is 0.0809 e. The van der Waals surface area contributed by atoms with E-state index >= 15 is 0 Å². The van der Waals surface area contributed by atoms with Crippen LogP contribution in [0.4, 0.5) is 0 Å². The summed E-state index contributed by atoms with van der Waals surface area (Å²) < 4.78 is 0. The van der Waals surface area contributed by atoms with Gasteiger partial charge in [0.25, 0.3) is 0 Å². The van der Waals surface area contributed by atoms with Gasteiger partial charge in [-0.15, -0.1) is 0 Å². The summed E-state index contributed by atoms with van der Waals surface area (Å²) in [5, 5.41) is 31.0. The summed E-state index contributed by atoms with van der Waals surface area (Å²) in [4.78, 5) is 0. The molecular formula is C29H46O3. The predicted molar refractivity (Wildman–Crippen MR) is 131 cm³/mol. The molecule has 0 spiro atoms. The molecule has 6 atom stereocenters. The van der Waals surface area contributed by atoms with Crippen molar-refractivity contribution < 1.29 is 15.3 Å². The Morgan fingerprint density at radius 2 is 1.72 bits per heavy atom. The second-order valence-electron chi connectivity index (χ2n) is 12.0. The second kappa shape index (κ2) is 9.76. The Balaban J connectivity index is 1.38. The van der Waals surface area contributed by atoms with E-state index in [4.69, 9.17) is 0 Å². The van der Waals surface area contributed by atoms with Crippen molar-refractivity contribution >= 4 is 0 Å². The third kappa shape index (κ3) is 4.95. The van der Waals surface area contributed by atoms with E-state index in [0.717, 1.165) is 36.7 Å². The summed E-state index contributed by atoms with van der Waals surface area (Å²) in [5.74, 6) is 2.18. The molecule has 0 aliphatic heterocycles. The molecule has 4 rings (SSSR count). The van der Waals surface area contributed by atoms with E-state index in [1.54, 1.807) is 5.57 Å². The topological polar surface area (TPSA) is 60.7 Å². The van der Waals surface area contributed by atoms with Gasteiger partial charge in [-0.2, -0.15) is 0 Å². The molecule has 0 saturated heterocycles. The largest absolute Gasteiger partial charge is 0.390 e. The van der Waals surface area contributed by atoms with E-state index < -0.39 is 12.2 Å². The molecule has 4 aliphatic carbocycles. The Labute approximate surface area is 195 Å². The fourth-order valence-corrected chi connectivity index (χ4v) is 7.88. The molecule has 32 heavy (non-hydrogen) atoms. The van der Waals surface area contributed by atoms with Crippen LogP contribution >= 0.6 is 0 Å². The number of hydrogen-bond donors (Lipinski definition) is 3. The zero-order chi connectivity index (χ0) is 22.9. The molecule has 4 aliphatic rings. The number of rotatable bonds is 6. The average Bonchev–Trinajstić information content (AvgIpc) is 3.33. The van der Waals surface area contributed by atoms with Crippen LogP contribution in [-0.2, 0) is 0 Å². The molecule has 0 heterocycles. The van der Waals surface area contributed by atoms with Crippen molar-refractivity contribution in [3.05, 3.63) is 35.5 Å². The van der Waals surface area contributed by atoms with Gasteiger partial charge < -0.3 is 15.3 Å². The highest BCUT2D eigenvalue weighted by atomic mass is 16.3. The van der Waals surface area contributed by atoms with Crippen LogP contribution in [0.5, 0.6) is 0 Å². The van der Waals surface area contributed by atoms with Gasteiger partial charge in [-0.3, -0.25) is 0 Å². The van der Waals surface area contributed by atoms with E-state index in [2.05, 4.69) is 32.6 Å². The third-order valence-corrected chi connectivity index (χ3v) is 9.86. The molecule has 3 heteroatoms. The van der Waals surface area contributed by atoms with Crippen molar-refractivity contribution in [1.29, 1.82) is 0 Å². The number of hydrogen-bond acceptors (Lipinski definition) is 3. The maximum Gasteiger partial charge on any atom is 0.0809 e. The van der Waals surface area contributed by atoms with Gasteiger partial charge in [-0.1, -0.05) is 69.4 Å². The van der Waals surface area contributed by atoms with Gasteiger partial charge in [0.2, 0.25) is 0 Å². The predicted octanol–water partition coefficient (Wildman–Crippen LogP) is 6.24. The van der Waals surface area contributed by atoms with E-state index in [1.807, 2.05) is 0 Å². The molecule has 180 valence electrons. The van der Waals surface area contributed by atoms with Crippen molar-refractivity contribution in [2.75, 3.05) is 0 Å². The van der Waals surface area contributed by atoms with Crippen LogP contribution in [0.3, 0.4) is 0 Å². The summed E-state index contributed by atoms with van der Waals surface area (Å²) in [6, 6.07) is 0. The first kappa shape index (κ1) is 24.2. The third-order valence-electron chi connectivity index (χ3n) is 9.86. The van der Waals surface area contributed by atoms with Gasteiger partial charge in [0.15, 0.2) is 0 Å². The van der Waals surface area contributed by atoms with E-state index in [1.165, 1.54) is 57.8 Å². The first-order chi connectivity index (χ1) is 15.2. The van der Waals surface area contributed by atoms with Gasteiger partial charge in [0, 0.05) is 0 Å². The van der Waals surface area contributed by atoms with Crippen molar-refractivity contribution in [3.8, 4) is 0 Å². The lowest BCUT2D eigenvalue weighted by atomic mass is 9.60. The highest BCUT2D eigenvalue weighted by Crippen LogP contribution is 2.60. The van der Waals surface area contributed by atoms with E-state index in [-0.39, 0.29) is 5.60 Å². The van der Waals surface area contributed by atoms with Gasteiger partial charge in [-0.25, -0.2) is 0 Å². The molecule has 0 bridgehead atoms. The molecule has 0 amide bonds. The minimum Gasteiger partial charge on any atom is -0.390 e. The van der Waals surface area contributed by atoms with Gasteiger partial charge in [0.1, 0.15) is 0 Å². The van der Waals surface area contributed by atoms with Gasteiger partial charge in [-0.05, 0) is 93.0 Å². The molecule has 0 aromatic rings. The van der Waals surface area contributed by atoms with Crippen molar-refractivity contribution in [1.82, 2.24) is 0 Å². The standard InChI is InChI=1S/C29H46O3/c1-20(8-6-17-29(32)15-4-5-16-29)24-12-13-25-23(9-7-14-28(24,25)3)11-10-22-18-26(30)21(2)27(31)19-22/h10-11,20,24-27,30-32H,2,4-9,12-19H2,1,3H3/b23-11+/t20-,24+,25-,26+,27+,28+/m0/s1. The Morgan fingerprint density at radius 1 is 1.03 bits per heavy atom. The summed E-state index contributed by atoms with van der Waals surface area (Å²) in [6.07, 6.45) is 18.8. The quantitative estimate of drug-likeness (QED) is 0.427. The van der Waals surface area contributed by atoms with E-state index in [9.17, 15) is 15.3 Å². The van der Waals surface area contributed by atoms with Crippen LogP contribution in [0.25, 0.3) is 0 Å². The summed E-state index contributed by atoms with van der Waals surface area (Å²) in [7, 11) is 0. The molecule has 3 N–H and O–H groups in total. The van der Waals surface area contributed by atoms with Gasteiger partial charge >= 0.3 is 0 Å². The van der Waals surface area contributed by atoms with E-state index in [0.29, 0.717) is 29.7 Å².